The Kier molecular flexibility index (Phi) is 7.02. The van der Waals surface area contributed by atoms with E-state index in [0.29, 0.717) is 6.42 Å². The van der Waals surface area contributed by atoms with Gasteiger partial charge in [-0.25, -0.2) is 0 Å². The third kappa shape index (κ3) is 6.40. The predicted octanol–water partition coefficient (Wildman–Crippen LogP) is 2.47. The van der Waals surface area contributed by atoms with Gasteiger partial charge in [0, 0.05) is 16.2 Å². The van der Waals surface area contributed by atoms with Gasteiger partial charge >= 0.3 is 5.97 Å². The number of thiol groups is 1. The largest absolute Gasteiger partial charge is 0.379 e. The Bertz CT molecular complexity index is 85.9. The van der Waals surface area contributed by atoms with Crippen molar-refractivity contribution in [3.63, 3.8) is 0 Å². The molecule has 0 aromatic carbocycles. The Morgan fingerprint density at radius 3 is 2.89 bits per heavy atom. The Hall–Kier alpha value is 0.520. The molecule has 0 atom stereocenters. The summed E-state index contributed by atoms with van der Waals surface area (Å²) in [7, 11) is 1.12. The standard InChI is InChI=1S/C4H8O2S3/c1-2-3-4(5)6-8-9-7/h7H,2-3H2,1H3. The van der Waals surface area contributed by atoms with Gasteiger partial charge in [0.2, 0.25) is 0 Å². The van der Waals surface area contributed by atoms with Gasteiger partial charge in [0.15, 0.2) is 0 Å². The highest BCUT2D eigenvalue weighted by Gasteiger charge is 1.99. The summed E-state index contributed by atoms with van der Waals surface area (Å²) in [4.78, 5) is 10.5. The molecule has 0 N–H and O–H groups in total. The van der Waals surface area contributed by atoms with E-state index < -0.39 is 0 Å². The first kappa shape index (κ1) is 9.52. The lowest BCUT2D eigenvalue weighted by atomic mass is 10.4. The number of carbonyl (C=O) groups is 1. The first-order valence-corrected chi connectivity index (χ1v) is 5.61. The number of hydrogen-bond acceptors (Lipinski definition) is 5. The van der Waals surface area contributed by atoms with Gasteiger partial charge in [-0.2, -0.15) is 0 Å². The normalized spacial score (nSPS) is 9.11. The molecular formula is C4H8O2S3. The zero-order chi connectivity index (χ0) is 7.11. The van der Waals surface area contributed by atoms with Crippen molar-refractivity contribution in [2.24, 2.45) is 0 Å². The fourth-order valence-electron chi connectivity index (χ4n) is 0.299. The van der Waals surface area contributed by atoms with E-state index >= 15 is 0 Å². The molecule has 0 aliphatic rings. The van der Waals surface area contributed by atoms with Crippen LogP contribution in [0, 0.1) is 0 Å². The highest BCUT2D eigenvalue weighted by molar-refractivity contribution is 9.04. The smallest absolute Gasteiger partial charge is 0.318 e. The first-order chi connectivity index (χ1) is 4.31. The van der Waals surface area contributed by atoms with Gasteiger partial charge in [0.25, 0.3) is 0 Å². The van der Waals surface area contributed by atoms with Crippen LogP contribution in [0.4, 0.5) is 0 Å². The molecule has 0 unspecified atom stereocenters. The van der Waals surface area contributed by atoms with Crippen LogP contribution in [0.1, 0.15) is 19.8 Å². The molecule has 0 fully saturated rings. The zero-order valence-electron chi connectivity index (χ0n) is 4.99. The van der Waals surface area contributed by atoms with E-state index in [1.807, 2.05) is 6.92 Å². The molecule has 9 heavy (non-hydrogen) atoms. The molecule has 2 nitrogen and oxygen atoms in total. The Balaban J connectivity index is 3.06. The summed E-state index contributed by atoms with van der Waals surface area (Å²) in [6, 6.07) is 0. The van der Waals surface area contributed by atoms with Gasteiger partial charge in [-0.15, -0.1) is 0 Å². The maximum absolute atomic E-state index is 10.5. The number of hydrogen-bond donors (Lipinski definition) is 1. The van der Waals surface area contributed by atoms with Crippen LogP contribution >= 0.6 is 32.6 Å². The third-order valence-corrected chi connectivity index (χ3v) is 1.86. The average Bonchev–Trinajstić information content (AvgIpc) is 1.85. The minimum Gasteiger partial charge on any atom is -0.379 e. The van der Waals surface area contributed by atoms with Crippen molar-refractivity contribution >= 4 is 38.5 Å². The van der Waals surface area contributed by atoms with Crippen molar-refractivity contribution < 1.29 is 8.98 Å². The van der Waals surface area contributed by atoms with Crippen LogP contribution in [0.2, 0.25) is 0 Å². The maximum Gasteiger partial charge on any atom is 0.318 e. The van der Waals surface area contributed by atoms with E-state index in [1.54, 1.807) is 0 Å². The van der Waals surface area contributed by atoms with Crippen molar-refractivity contribution in [2.75, 3.05) is 0 Å². The van der Waals surface area contributed by atoms with E-state index in [0.717, 1.165) is 27.3 Å². The Morgan fingerprint density at radius 1 is 1.78 bits per heavy atom. The van der Waals surface area contributed by atoms with E-state index in [9.17, 15) is 4.79 Å². The number of rotatable bonds is 4. The van der Waals surface area contributed by atoms with Gasteiger partial charge in [0.05, 0.1) is 0 Å². The second-order valence-electron chi connectivity index (χ2n) is 1.35. The highest BCUT2D eigenvalue weighted by atomic mass is 33.5. The predicted molar refractivity (Wildman–Crippen MR) is 45.2 cm³/mol. The molecule has 0 heterocycles. The molecule has 0 aromatic rings. The molecule has 0 saturated heterocycles. The van der Waals surface area contributed by atoms with E-state index in [-0.39, 0.29) is 5.97 Å². The fourth-order valence-corrected chi connectivity index (χ4v) is 1.08. The molecular weight excluding hydrogens is 176 g/mol. The van der Waals surface area contributed by atoms with Gasteiger partial charge in [-0.3, -0.25) is 4.79 Å². The van der Waals surface area contributed by atoms with Crippen LogP contribution in [0.5, 0.6) is 0 Å². The molecule has 0 radical (unpaired) electrons. The van der Waals surface area contributed by atoms with Crippen LogP contribution in [0.15, 0.2) is 0 Å². The summed E-state index contributed by atoms with van der Waals surface area (Å²) in [6.45, 7) is 1.93. The highest BCUT2D eigenvalue weighted by Crippen LogP contribution is 2.25. The molecule has 0 saturated carbocycles. The van der Waals surface area contributed by atoms with Crippen molar-refractivity contribution in [1.82, 2.24) is 0 Å². The van der Waals surface area contributed by atoms with Crippen LogP contribution in [0.25, 0.3) is 0 Å². The topological polar surface area (TPSA) is 26.3 Å². The van der Waals surface area contributed by atoms with Gasteiger partial charge in [-0.1, -0.05) is 18.6 Å². The van der Waals surface area contributed by atoms with Crippen LogP contribution in [-0.4, -0.2) is 5.97 Å². The first-order valence-electron chi connectivity index (χ1n) is 2.48. The summed E-state index contributed by atoms with van der Waals surface area (Å²) in [5.74, 6) is -0.177. The molecule has 0 aromatic heterocycles. The van der Waals surface area contributed by atoms with Gasteiger partial charge in [0.1, 0.15) is 11.1 Å². The molecule has 54 valence electrons. The minimum atomic E-state index is -0.177. The SMILES string of the molecule is CCCC(=O)OSSS. The van der Waals surface area contributed by atoms with Crippen LogP contribution in [-0.2, 0) is 8.98 Å². The van der Waals surface area contributed by atoms with E-state index in [1.165, 1.54) is 0 Å². The minimum absolute atomic E-state index is 0.177. The molecule has 0 amide bonds. The second-order valence-corrected chi connectivity index (χ2v) is 4.00. The van der Waals surface area contributed by atoms with Gasteiger partial charge < -0.3 is 4.18 Å². The summed E-state index contributed by atoms with van der Waals surface area (Å²) < 4.78 is 4.60. The lowest BCUT2D eigenvalue weighted by Gasteiger charge is -1.95. The maximum atomic E-state index is 10.5. The lowest BCUT2D eigenvalue weighted by molar-refractivity contribution is -0.132. The molecule has 0 rings (SSSR count). The van der Waals surface area contributed by atoms with Crippen LogP contribution < -0.4 is 0 Å². The van der Waals surface area contributed by atoms with E-state index in [4.69, 9.17) is 0 Å². The summed E-state index contributed by atoms with van der Waals surface area (Å²) >= 11 is 4.75. The Morgan fingerprint density at radius 2 is 2.44 bits per heavy atom. The lowest BCUT2D eigenvalue weighted by Crippen LogP contribution is -1.95. The Labute approximate surface area is 67.5 Å². The fraction of sp³-hybridized carbons (Fsp3) is 0.750. The summed E-state index contributed by atoms with van der Waals surface area (Å²) in [6.07, 6.45) is 1.32. The van der Waals surface area contributed by atoms with Crippen LogP contribution in [0.3, 0.4) is 0 Å². The number of carbonyl (C=O) groups excluding carboxylic acids is 1. The summed E-state index contributed by atoms with van der Waals surface area (Å²) in [5, 5.41) is 0. The third-order valence-electron chi connectivity index (χ3n) is 0.612. The molecule has 0 spiro atoms. The zero-order valence-corrected chi connectivity index (χ0v) is 7.52. The van der Waals surface area contributed by atoms with E-state index in [2.05, 4.69) is 15.8 Å². The monoisotopic (exact) mass is 184 g/mol. The summed E-state index contributed by atoms with van der Waals surface area (Å²) in [5.41, 5.74) is 0. The van der Waals surface area contributed by atoms with Crippen molar-refractivity contribution in [3.05, 3.63) is 0 Å². The quantitative estimate of drug-likeness (QED) is 0.412. The van der Waals surface area contributed by atoms with Crippen molar-refractivity contribution in [3.8, 4) is 0 Å². The molecule has 0 aliphatic heterocycles. The molecule has 0 aliphatic carbocycles. The molecule has 0 bridgehead atoms. The second kappa shape index (κ2) is 6.64. The van der Waals surface area contributed by atoms with Gasteiger partial charge in [-0.05, 0) is 6.42 Å². The molecule has 5 heteroatoms. The van der Waals surface area contributed by atoms with Crippen molar-refractivity contribution in [1.29, 1.82) is 0 Å². The van der Waals surface area contributed by atoms with Crippen molar-refractivity contribution in [2.45, 2.75) is 19.8 Å². The average molecular weight is 184 g/mol.